The van der Waals surface area contributed by atoms with Gasteiger partial charge in [-0.3, -0.25) is 14.2 Å². The Hall–Kier alpha value is -4.01. The zero-order valence-corrected chi connectivity index (χ0v) is 15.2. The Bertz CT molecular complexity index is 1230. The molecule has 9 heteroatoms. The summed E-state index contributed by atoms with van der Waals surface area (Å²) < 4.78 is 2.90. The molecule has 2 N–H and O–H groups in total. The van der Waals surface area contributed by atoms with Gasteiger partial charge in [-0.1, -0.05) is 6.07 Å². The van der Waals surface area contributed by atoms with Crippen LogP contribution in [0.1, 0.15) is 17.4 Å². The summed E-state index contributed by atoms with van der Waals surface area (Å²) in [6.07, 6.45) is 4.75. The summed E-state index contributed by atoms with van der Waals surface area (Å²) in [5.74, 6) is 0.758. The first kappa shape index (κ1) is 17.4. The quantitative estimate of drug-likeness (QED) is 0.515. The number of hydrogen-bond acceptors (Lipinski definition) is 7. The average molecular weight is 375 g/mol. The molecule has 140 valence electrons. The second kappa shape index (κ2) is 6.95. The third-order valence-electron chi connectivity index (χ3n) is 4.20. The minimum Gasteiger partial charge on any atom is -0.385 e. The predicted molar refractivity (Wildman–Crippen MR) is 106 cm³/mol. The molecule has 0 unspecified atom stereocenters. The van der Waals surface area contributed by atoms with Gasteiger partial charge in [0.05, 0.1) is 11.9 Å². The molecular formula is C19H17N7O2. The molecule has 0 aliphatic heterocycles. The third-order valence-corrected chi connectivity index (χ3v) is 4.20. The van der Waals surface area contributed by atoms with E-state index in [-0.39, 0.29) is 11.3 Å². The van der Waals surface area contributed by atoms with Crippen molar-refractivity contribution < 1.29 is 4.79 Å². The predicted octanol–water partition coefficient (Wildman–Crippen LogP) is 2.26. The highest BCUT2D eigenvalue weighted by Gasteiger charge is 2.14. The van der Waals surface area contributed by atoms with Crippen LogP contribution in [0.4, 0.5) is 17.2 Å². The molecule has 0 aliphatic rings. The van der Waals surface area contributed by atoms with Crippen molar-refractivity contribution in [1.29, 1.82) is 0 Å². The van der Waals surface area contributed by atoms with Gasteiger partial charge in [-0.15, -0.1) is 5.10 Å². The number of fused-ring (bicyclic) bond motifs is 1. The Morgan fingerprint density at radius 2 is 1.96 bits per heavy atom. The minimum atomic E-state index is -0.272. The summed E-state index contributed by atoms with van der Waals surface area (Å²) in [6.45, 7) is 1.45. The Morgan fingerprint density at radius 3 is 2.68 bits per heavy atom. The molecule has 0 aliphatic carbocycles. The first-order valence-electron chi connectivity index (χ1n) is 8.56. The number of pyridine rings is 2. The van der Waals surface area contributed by atoms with Crippen LogP contribution in [0.5, 0.6) is 0 Å². The van der Waals surface area contributed by atoms with E-state index in [0.29, 0.717) is 34.4 Å². The van der Waals surface area contributed by atoms with Crippen molar-refractivity contribution in [1.82, 2.24) is 24.1 Å². The Balaban J connectivity index is 1.80. The molecule has 0 radical (unpaired) electrons. The molecule has 0 fully saturated rings. The standard InChI is InChI=1S/C19H17N7O2/c1-12(27)15-11-22-18-14(20-2)10-16(24-26(15)18)23-13-6-5-9-25(19(13)28)17-7-3-4-8-21-17/h3-11,20H,1-2H3,(H,23,24). The lowest BCUT2D eigenvalue weighted by molar-refractivity contribution is 0.101. The summed E-state index contributed by atoms with van der Waals surface area (Å²) in [5, 5.41) is 10.5. The van der Waals surface area contributed by atoms with Crippen LogP contribution in [0, 0.1) is 0 Å². The highest BCUT2D eigenvalue weighted by atomic mass is 16.1. The first-order chi connectivity index (χ1) is 13.6. The van der Waals surface area contributed by atoms with E-state index in [1.54, 1.807) is 49.8 Å². The van der Waals surface area contributed by atoms with Gasteiger partial charge < -0.3 is 10.6 Å². The lowest BCUT2D eigenvalue weighted by Gasteiger charge is -2.11. The summed E-state index contributed by atoms with van der Waals surface area (Å²) in [7, 11) is 1.75. The van der Waals surface area contributed by atoms with Crippen molar-refractivity contribution in [3.63, 3.8) is 0 Å². The first-order valence-corrected chi connectivity index (χ1v) is 8.56. The van der Waals surface area contributed by atoms with Crippen molar-refractivity contribution >= 4 is 28.6 Å². The molecule has 9 nitrogen and oxygen atoms in total. The van der Waals surface area contributed by atoms with Crippen LogP contribution in [0.3, 0.4) is 0 Å². The van der Waals surface area contributed by atoms with Crippen LogP contribution in [-0.4, -0.2) is 37.0 Å². The van der Waals surface area contributed by atoms with Crippen molar-refractivity contribution in [2.24, 2.45) is 0 Å². The molecule has 0 saturated carbocycles. The zero-order chi connectivity index (χ0) is 19.7. The van der Waals surface area contributed by atoms with Gasteiger partial charge in [0.1, 0.15) is 17.2 Å². The normalized spacial score (nSPS) is 10.8. The van der Waals surface area contributed by atoms with E-state index in [1.165, 1.54) is 22.2 Å². The summed E-state index contributed by atoms with van der Waals surface area (Å²) in [4.78, 5) is 33.2. The topological polar surface area (TPSA) is 106 Å². The molecule has 0 amide bonds. The van der Waals surface area contributed by atoms with Crippen LogP contribution >= 0.6 is 0 Å². The maximum absolute atomic E-state index is 12.9. The third kappa shape index (κ3) is 2.98. The zero-order valence-electron chi connectivity index (χ0n) is 15.2. The van der Waals surface area contributed by atoms with Crippen LogP contribution in [0.15, 0.2) is 59.8 Å². The average Bonchev–Trinajstić information content (AvgIpc) is 3.14. The Morgan fingerprint density at radius 1 is 1.11 bits per heavy atom. The fraction of sp³-hybridized carbons (Fsp3) is 0.105. The van der Waals surface area contributed by atoms with E-state index < -0.39 is 0 Å². The lowest BCUT2D eigenvalue weighted by atomic mass is 10.3. The molecule has 28 heavy (non-hydrogen) atoms. The number of anilines is 3. The minimum absolute atomic E-state index is 0.156. The fourth-order valence-corrected chi connectivity index (χ4v) is 2.86. The van der Waals surface area contributed by atoms with Crippen molar-refractivity contribution in [3.05, 3.63) is 71.0 Å². The SMILES string of the molecule is CNc1cc(Nc2cccn(-c3ccccn3)c2=O)nn2c(C(C)=O)cnc12. The van der Waals surface area contributed by atoms with Gasteiger partial charge >= 0.3 is 0 Å². The molecular weight excluding hydrogens is 358 g/mol. The number of rotatable bonds is 5. The molecule has 4 aromatic heterocycles. The second-order valence-electron chi connectivity index (χ2n) is 6.04. The summed E-state index contributed by atoms with van der Waals surface area (Å²) in [6, 6.07) is 10.5. The van der Waals surface area contributed by atoms with Crippen LogP contribution < -0.4 is 16.2 Å². The number of Topliss-reactive ketones (excluding diaryl/α,β-unsaturated/α-hetero) is 1. The highest BCUT2D eigenvalue weighted by Crippen LogP contribution is 2.21. The van der Waals surface area contributed by atoms with E-state index in [4.69, 9.17) is 0 Å². The Labute approximate surface area is 159 Å². The van der Waals surface area contributed by atoms with Crippen molar-refractivity contribution in [3.8, 4) is 5.82 Å². The van der Waals surface area contributed by atoms with Gasteiger partial charge in [0.2, 0.25) is 0 Å². The van der Waals surface area contributed by atoms with Crippen molar-refractivity contribution in [2.45, 2.75) is 6.92 Å². The number of hydrogen-bond donors (Lipinski definition) is 2. The monoisotopic (exact) mass is 375 g/mol. The molecule has 0 aromatic carbocycles. The molecule has 0 bridgehead atoms. The van der Waals surface area contributed by atoms with Gasteiger partial charge in [-0.25, -0.2) is 14.5 Å². The number of ketones is 1. The summed E-state index contributed by atoms with van der Waals surface area (Å²) in [5.41, 5.74) is 1.61. The smallest absolute Gasteiger partial charge is 0.279 e. The second-order valence-corrected chi connectivity index (χ2v) is 6.04. The molecule has 0 saturated heterocycles. The molecule has 4 rings (SSSR count). The molecule has 0 atom stereocenters. The lowest BCUT2D eigenvalue weighted by Crippen LogP contribution is -2.21. The number of aromatic nitrogens is 5. The fourth-order valence-electron chi connectivity index (χ4n) is 2.86. The van der Waals surface area contributed by atoms with Crippen LogP contribution in [0.25, 0.3) is 11.5 Å². The van der Waals surface area contributed by atoms with Gasteiger partial charge in [-0.05, 0) is 24.3 Å². The van der Waals surface area contributed by atoms with Crippen LogP contribution in [0.2, 0.25) is 0 Å². The maximum Gasteiger partial charge on any atom is 0.279 e. The number of imidazole rings is 1. The van der Waals surface area contributed by atoms with E-state index >= 15 is 0 Å². The van der Waals surface area contributed by atoms with Gasteiger partial charge in [0.15, 0.2) is 17.2 Å². The van der Waals surface area contributed by atoms with E-state index in [2.05, 4.69) is 25.7 Å². The molecule has 4 heterocycles. The molecule has 4 aromatic rings. The van der Waals surface area contributed by atoms with E-state index in [0.717, 1.165) is 0 Å². The number of nitrogens with zero attached hydrogens (tertiary/aromatic N) is 5. The Kier molecular flexibility index (Phi) is 4.32. The van der Waals surface area contributed by atoms with E-state index in [9.17, 15) is 9.59 Å². The van der Waals surface area contributed by atoms with Crippen molar-refractivity contribution in [2.75, 3.05) is 17.7 Å². The van der Waals surface area contributed by atoms with Crippen LogP contribution in [-0.2, 0) is 0 Å². The maximum atomic E-state index is 12.9. The van der Waals surface area contributed by atoms with Gasteiger partial charge in [-0.2, -0.15) is 0 Å². The number of carbonyl (C=O) groups is 1. The van der Waals surface area contributed by atoms with Gasteiger partial charge in [0, 0.05) is 32.4 Å². The number of nitrogens with one attached hydrogen (secondary N) is 2. The number of carbonyl (C=O) groups excluding carboxylic acids is 1. The molecule has 0 spiro atoms. The largest absolute Gasteiger partial charge is 0.385 e. The highest BCUT2D eigenvalue weighted by molar-refractivity contribution is 5.93. The van der Waals surface area contributed by atoms with Gasteiger partial charge in [0.25, 0.3) is 5.56 Å². The summed E-state index contributed by atoms with van der Waals surface area (Å²) >= 11 is 0. The van der Waals surface area contributed by atoms with E-state index in [1.807, 2.05) is 6.07 Å².